The van der Waals surface area contributed by atoms with Gasteiger partial charge in [-0.25, -0.2) is 8.78 Å². The quantitative estimate of drug-likeness (QED) is 0.902. The Morgan fingerprint density at radius 3 is 2.50 bits per heavy atom. The maximum atomic E-state index is 13.5. The summed E-state index contributed by atoms with van der Waals surface area (Å²) in [5, 5.41) is 11.7. The van der Waals surface area contributed by atoms with E-state index in [1.54, 1.807) is 24.3 Å². The van der Waals surface area contributed by atoms with Crippen molar-refractivity contribution in [2.75, 3.05) is 5.32 Å². The molecule has 0 atom stereocenters. The lowest BCUT2D eigenvalue weighted by atomic mass is 10.1. The summed E-state index contributed by atoms with van der Waals surface area (Å²) in [4.78, 5) is 11.8. The van der Waals surface area contributed by atoms with Gasteiger partial charge in [0.05, 0.1) is 13.0 Å². The van der Waals surface area contributed by atoms with E-state index in [1.165, 1.54) is 12.1 Å². The Labute approximate surface area is 114 Å². The predicted molar refractivity (Wildman–Crippen MR) is 71.1 cm³/mol. The van der Waals surface area contributed by atoms with Crippen molar-refractivity contribution in [3.05, 3.63) is 65.2 Å². The smallest absolute Gasteiger partial charge is 0.228 e. The van der Waals surface area contributed by atoms with E-state index in [4.69, 9.17) is 5.11 Å². The van der Waals surface area contributed by atoms with Gasteiger partial charge in [-0.3, -0.25) is 4.79 Å². The number of aliphatic hydroxyl groups excluding tert-OH is 1. The van der Waals surface area contributed by atoms with Crippen LogP contribution >= 0.6 is 0 Å². The van der Waals surface area contributed by atoms with Crippen molar-refractivity contribution >= 4 is 11.6 Å². The first kappa shape index (κ1) is 14.1. The predicted octanol–water partition coefficient (Wildman–Crippen LogP) is 2.64. The first-order chi connectivity index (χ1) is 9.61. The fraction of sp³-hybridized carbons (Fsp3) is 0.133. The summed E-state index contributed by atoms with van der Waals surface area (Å²) in [7, 11) is 0. The molecule has 0 saturated carbocycles. The standard InChI is InChI=1S/C15H13F2NO2/c16-12-6-3-5-10(15(12)17)8-14(20)18-13-7-2-1-4-11(13)9-19/h1-7,19H,8-9H2,(H,18,20). The van der Waals surface area contributed by atoms with Crippen LogP contribution in [0.5, 0.6) is 0 Å². The van der Waals surface area contributed by atoms with E-state index < -0.39 is 17.5 Å². The highest BCUT2D eigenvalue weighted by Crippen LogP contribution is 2.16. The van der Waals surface area contributed by atoms with Crippen molar-refractivity contribution in [1.29, 1.82) is 0 Å². The number of rotatable bonds is 4. The lowest BCUT2D eigenvalue weighted by molar-refractivity contribution is -0.115. The number of carbonyl (C=O) groups is 1. The molecule has 2 aromatic rings. The SMILES string of the molecule is O=C(Cc1cccc(F)c1F)Nc1ccccc1CO. The Hall–Kier alpha value is -2.27. The van der Waals surface area contributed by atoms with Crippen LogP contribution in [0.15, 0.2) is 42.5 Å². The number of anilines is 1. The Morgan fingerprint density at radius 2 is 1.75 bits per heavy atom. The van der Waals surface area contributed by atoms with E-state index >= 15 is 0 Å². The molecule has 2 aromatic carbocycles. The maximum absolute atomic E-state index is 13.5. The van der Waals surface area contributed by atoms with Gasteiger partial charge in [-0.1, -0.05) is 30.3 Å². The van der Waals surface area contributed by atoms with Gasteiger partial charge in [-0.2, -0.15) is 0 Å². The van der Waals surface area contributed by atoms with Crippen LogP contribution in [0, 0.1) is 11.6 Å². The van der Waals surface area contributed by atoms with Crippen molar-refractivity contribution in [2.24, 2.45) is 0 Å². The number of halogens is 2. The third-order valence-electron chi connectivity index (χ3n) is 2.84. The second-order valence-corrected chi connectivity index (χ2v) is 4.25. The van der Waals surface area contributed by atoms with E-state index in [9.17, 15) is 13.6 Å². The molecule has 0 aromatic heterocycles. The molecule has 2 N–H and O–H groups in total. The van der Waals surface area contributed by atoms with Crippen molar-refractivity contribution in [3.8, 4) is 0 Å². The largest absolute Gasteiger partial charge is 0.392 e. The summed E-state index contributed by atoms with van der Waals surface area (Å²) in [6.07, 6.45) is -0.274. The molecule has 0 radical (unpaired) electrons. The average Bonchev–Trinajstić information content (AvgIpc) is 2.44. The number of benzene rings is 2. The van der Waals surface area contributed by atoms with E-state index in [0.29, 0.717) is 11.3 Å². The molecule has 20 heavy (non-hydrogen) atoms. The second-order valence-electron chi connectivity index (χ2n) is 4.25. The van der Waals surface area contributed by atoms with Crippen LogP contribution in [-0.4, -0.2) is 11.0 Å². The molecule has 104 valence electrons. The number of para-hydroxylation sites is 1. The molecule has 0 aliphatic rings. The molecule has 0 saturated heterocycles. The molecule has 1 amide bonds. The molecule has 0 heterocycles. The molecule has 0 aliphatic heterocycles. The monoisotopic (exact) mass is 277 g/mol. The van der Waals surface area contributed by atoms with Crippen LogP contribution in [0.25, 0.3) is 0 Å². The number of carbonyl (C=O) groups excluding carboxylic acids is 1. The first-order valence-corrected chi connectivity index (χ1v) is 6.03. The van der Waals surface area contributed by atoms with Crippen molar-refractivity contribution < 1.29 is 18.7 Å². The first-order valence-electron chi connectivity index (χ1n) is 6.03. The summed E-state index contributed by atoms with van der Waals surface area (Å²) in [6.45, 7) is -0.217. The lowest BCUT2D eigenvalue weighted by Gasteiger charge is -2.09. The zero-order valence-electron chi connectivity index (χ0n) is 10.6. The molecule has 5 heteroatoms. The van der Waals surface area contributed by atoms with Gasteiger partial charge in [0.25, 0.3) is 0 Å². The van der Waals surface area contributed by atoms with Crippen LogP contribution in [0.4, 0.5) is 14.5 Å². The summed E-state index contributed by atoms with van der Waals surface area (Å²) < 4.78 is 26.5. The van der Waals surface area contributed by atoms with Gasteiger partial charge >= 0.3 is 0 Å². The molecule has 0 bridgehead atoms. The molecule has 0 fully saturated rings. The second kappa shape index (κ2) is 6.25. The highest BCUT2D eigenvalue weighted by Gasteiger charge is 2.12. The van der Waals surface area contributed by atoms with Gasteiger partial charge in [-0.05, 0) is 12.1 Å². The Balaban J connectivity index is 2.11. The van der Waals surface area contributed by atoms with Crippen molar-refractivity contribution in [1.82, 2.24) is 0 Å². The lowest BCUT2D eigenvalue weighted by Crippen LogP contribution is -2.16. The molecular weight excluding hydrogens is 264 g/mol. The van der Waals surface area contributed by atoms with Gasteiger partial charge in [0.2, 0.25) is 5.91 Å². The molecule has 3 nitrogen and oxygen atoms in total. The maximum Gasteiger partial charge on any atom is 0.228 e. The van der Waals surface area contributed by atoms with Crippen LogP contribution < -0.4 is 5.32 Å². The Kier molecular flexibility index (Phi) is 4.42. The van der Waals surface area contributed by atoms with E-state index in [2.05, 4.69) is 5.32 Å². The van der Waals surface area contributed by atoms with Gasteiger partial charge in [-0.15, -0.1) is 0 Å². The number of nitrogens with one attached hydrogen (secondary N) is 1. The minimum Gasteiger partial charge on any atom is -0.392 e. The minimum atomic E-state index is -1.02. The van der Waals surface area contributed by atoms with E-state index in [0.717, 1.165) is 6.07 Å². The normalized spacial score (nSPS) is 10.3. The number of hydrogen-bond acceptors (Lipinski definition) is 2. The van der Waals surface area contributed by atoms with Crippen LogP contribution in [-0.2, 0) is 17.8 Å². The summed E-state index contributed by atoms with van der Waals surface area (Å²) >= 11 is 0. The third-order valence-corrected chi connectivity index (χ3v) is 2.84. The zero-order chi connectivity index (χ0) is 14.5. The zero-order valence-corrected chi connectivity index (χ0v) is 10.6. The highest BCUT2D eigenvalue weighted by molar-refractivity contribution is 5.93. The van der Waals surface area contributed by atoms with Crippen LogP contribution in [0.2, 0.25) is 0 Å². The minimum absolute atomic E-state index is 0.0102. The van der Waals surface area contributed by atoms with Crippen LogP contribution in [0.3, 0.4) is 0 Å². The van der Waals surface area contributed by atoms with E-state index in [1.807, 2.05) is 0 Å². The number of hydrogen-bond donors (Lipinski definition) is 2. The summed E-state index contributed by atoms with van der Waals surface area (Å²) in [6, 6.07) is 10.4. The molecule has 2 rings (SSSR count). The van der Waals surface area contributed by atoms with Gasteiger partial charge in [0, 0.05) is 16.8 Å². The fourth-order valence-electron chi connectivity index (χ4n) is 1.83. The van der Waals surface area contributed by atoms with Gasteiger partial charge < -0.3 is 10.4 Å². The van der Waals surface area contributed by atoms with E-state index in [-0.39, 0.29) is 18.6 Å². The molecular formula is C15H13F2NO2. The average molecular weight is 277 g/mol. The highest BCUT2D eigenvalue weighted by atomic mass is 19.2. The van der Waals surface area contributed by atoms with Crippen molar-refractivity contribution in [3.63, 3.8) is 0 Å². The summed E-state index contributed by atoms with van der Waals surface area (Å²) in [5.74, 6) is -2.47. The summed E-state index contributed by atoms with van der Waals surface area (Å²) in [5.41, 5.74) is 1.00. The topological polar surface area (TPSA) is 49.3 Å². The molecule has 0 spiro atoms. The van der Waals surface area contributed by atoms with Crippen molar-refractivity contribution in [2.45, 2.75) is 13.0 Å². The third kappa shape index (κ3) is 3.19. The van der Waals surface area contributed by atoms with Gasteiger partial charge in [0.15, 0.2) is 11.6 Å². The Bertz CT molecular complexity index is 629. The molecule has 0 unspecified atom stereocenters. The molecule has 0 aliphatic carbocycles. The Morgan fingerprint density at radius 1 is 1.05 bits per heavy atom. The fourth-order valence-corrected chi connectivity index (χ4v) is 1.83. The van der Waals surface area contributed by atoms with Gasteiger partial charge in [0.1, 0.15) is 0 Å². The van der Waals surface area contributed by atoms with Crippen LogP contribution in [0.1, 0.15) is 11.1 Å². The number of amides is 1. The number of aliphatic hydroxyl groups is 1.